The lowest BCUT2D eigenvalue weighted by molar-refractivity contribution is -0.274. The molecule has 0 heterocycles. The summed E-state index contributed by atoms with van der Waals surface area (Å²) in [7, 11) is 1.30. The van der Waals surface area contributed by atoms with E-state index < -0.39 is 30.0 Å². The Morgan fingerprint density at radius 3 is 2.38 bits per heavy atom. The Morgan fingerprint density at radius 1 is 1.29 bits per heavy atom. The number of ether oxygens (including phenoxy) is 2. The maximum Gasteiger partial charge on any atom is 0.573 e. The van der Waals surface area contributed by atoms with Crippen molar-refractivity contribution in [3.63, 3.8) is 0 Å². The van der Waals surface area contributed by atoms with Crippen LogP contribution >= 0.6 is 0 Å². The molecule has 0 aliphatic heterocycles. The fourth-order valence-electron chi connectivity index (χ4n) is 2.00. The Bertz CT molecular complexity index is 601. The fraction of sp³-hybridized carbons (Fsp3) is 0.467. The molecule has 1 aromatic carbocycles. The van der Waals surface area contributed by atoms with Gasteiger partial charge in [-0.2, -0.15) is 0 Å². The Hall–Kier alpha value is -2.45. The molecular formula is C15H18F3NO5. The number of amides is 1. The van der Waals surface area contributed by atoms with Gasteiger partial charge >= 0.3 is 12.3 Å². The molecule has 0 aliphatic rings. The summed E-state index contributed by atoms with van der Waals surface area (Å²) in [5, 5.41) is 11.4. The maximum absolute atomic E-state index is 12.3. The van der Waals surface area contributed by atoms with E-state index in [-0.39, 0.29) is 23.7 Å². The molecule has 1 atom stereocenters. The second-order valence-corrected chi connectivity index (χ2v) is 5.33. The van der Waals surface area contributed by atoms with Gasteiger partial charge < -0.3 is 19.9 Å². The summed E-state index contributed by atoms with van der Waals surface area (Å²) in [6, 6.07) is 2.22. The van der Waals surface area contributed by atoms with Crippen LogP contribution in [0.5, 0.6) is 11.5 Å². The van der Waals surface area contributed by atoms with E-state index in [0.29, 0.717) is 0 Å². The van der Waals surface area contributed by atoms with Crippen LogP contribution in [0.1, 0.15) is 19.4 Å². The van der Waals surface area contributed by atoms with Gasteiger partial charge in [-0.05, 0) is 24.1 Å². The van der Waals surface area contributed by atoms with Crippen LogP contribution in [-0.2, 0) is 16.0 Å². The molecular weight excluding hydrogens is 331 g/mol. The van der Waals surface area contributed by atoms with Crippen LogP contribution in [-0.4, -0.2) is 36.5 Å². The molecule has 1 aromatic rings. The van der Waals surface area contributed by atoms with Crippen molar-refractivity contribution in [3.8, 4) is 11.5 Å². The number of nitrogens with one attached hydrogen (secondary N) is 1. The van der Waals surface area contributed by atoms with Gasteiger partial charge in [-0.3, -0.25) is 4.79 Å². The zero-order valence-corrected chi connectivity index (χ0v) is 13.3. The van der Waals surface area contributed by atoms with Gasteiger partial charge in [0, 0.05) is 5.56 Å². The molecule has 24 heavy (non-hydrogen) atoms. The second-order valence-electron chi connectivity index (χ2n) is 5.33. The monoisotopic (exact) mass is 349 g/mol. The number of carboxylic acids is 1. The van der Waals surface area contributed by atoms with Crippen molar-refractivity contribution >= 4 is 11.9 Å². The summed E-state index contributed by atoms with van der Waals surface area (Å²) in [5.74, 6) is -2.51. The molecule has 0 saturated carbocycles. The first kappa shape index (κ1) is 19.6. The van der Waals surface area contributed by atoms with Gasteiger partial charge in [-0.15, -0.1) is 13.2 Å². The van der Waals surface area contributed by atoms with Gasteiger partial charge in [0.05, 0.1) is 13.5 Å². The number of hydrogen-bond donors (Lipinski definition) is 2. The molecule has 0 fully saturated rings. The molecule has 1 unspecified atom stereocenters. The second kappa shape index (κ2) is 7.89. The van der Waals surface area contributed by atoms with Crippen molar-refractivity contribution in [1.82, 2.24) is 5.32 Å². The minimum Gasteiger partial charge on any atom is -0.496 e. The average Bonchev–Trinajstić information content (AvgIpc) is 2.42. The first-order chi connectivity index (χ1) is 11.0. The molecule has 2 N–H and O–H groups in total. The van der Waals surface area contributed by atoms with E-state index in [0.717, 1.165) is 12.1 Å². The predicted molar refractivity (Wildman–Crippen MR) is 77.8 cm³/mol. The summed E-state index contributed by atoms with van der Waals surface area (Å²) >= 11 is 0. The van der Waals surface area contributed by atoms with Gasteiger partial charge in [0.15, 0.2) is 0 Å². The topological polar surface area (TPSA) is 84.9 Å². The van der Waals surface area contributed by atoms with Crippen LogP contribution in [0.3, 0.4) is 0 Å². The fourth-order valence-corrected chi connectivity index (χ4v) is 2.00. The van der Waals surface area contributed by atoms with Crippen LogP contribution in [0, 0.1) is 5.92 Å². The Morgan fingerprint density at radius 2 is 1.92 bits per heavy atom. The molecule has 0 aliphatic carbocycles. The van der Waals surface area contributed by atoms with Crippen molar-refractivity contribution in [3.05, 3.63) is 23.8 Å². The highest BCUT2D eigenvalue weighted by Crippen LogP contribution is 2.28. The third kappa shape index (κ3) is 5.98. The average molecular weight is 349 g/mol. The Balaban J connectivity index is 2.93. The van der Waals surface area contributed by atoms with E-state index in [1.807, 2.05) is 0 Å². The van der Waals surface area contributed by atoms with Crippen LogP contribution in [0.4, 0.5) is 13.2 Å². The molecule has 0 aromatic heterocycles. The smallest absolute Gasteiger partial charge is 0.496 e. The summed E-state index contributed by atoms with van der Waals surface area (Å²) in [4.78, 5) is 23.1. The van der Waals surface area contributed by atoms with Gasteiger partial charge in [0.25, 0.3) is 0 Å². The van der Waals surface area contributed by atoms with Crippen molar-refractivity contribution in [2.24, 2.45) is 5.92 Å². The van der Waals surface area contributed by atoms with Crippen molar-refractivity contribution in [1.29, 1.82) is 0 Å². The number of alkyl halides is 3. The van der Waals surface area contributed by atoms with Gasteiger partial charge in [0.1, 0.15) is 17.5 Å². The lowest BCUT2D eigenvalue weighted by Crippen LogP contribution is -2.44. The van der Waals surface area contributed by atoms with Crippen LogP contribution in [0.15, 0.2) is 18.2 Å². The normalized spacial score (nSPS) is 12.6. The molecule has 1 amide bonds. The highest BCUT2D eigenvalue weighted by molar-refractivity contribution is 5.85. The van der Waals surface area contributed by atoms with Crippen molar-refractivity contribution < 1.29 is 37.3 Å². The maximum atomic E-state index is 12.3. The van der Waals surface area contributed by atoms with E-state index in [4.69, 9.17) is 9.84 Å². The van der Waals surface area contributed by atoms with Crippen molar-refractivity contribution in [2.75, 3.05) is 7.11 Å². The number of rotatable bonds is 7. The van der Waals surface area contributed by atoms with Crippen LogP contribution < -0.4 is 14.8 Å². The largest absolute Gasteiger partial charge is 0.573 e. The Kier molecular flexibility index (Phi) is 6.44. The Labute approximate surface area is 136 Å². The van der Waals surface area contributed by atoms with E-state index in [9.17, 15) is 22.8 Å². The summed E-state index contributed by atoms with van der Waals surface area (Å²) in [6.07, 6.45) is -5.21. The zero-order chi connectivity index (χ0) is 18.5. The first-order valence-electron chi connectivity index (χ1n) is 6.98. The predicted octanol–water partition coefficient (Wildman–Crippen LogP) is 2.36. The number of carbonyl (C=O) groups is 2. The van der Waals surface area contributed by atoms with Gasteiger partial charge in [-0.25, -0.2) is 4.79 Å². The molecule has 9 heteroatoms. The third-order valence-corrected chi connectivity index (χ3v) is 3.09. The lowest BCUT2D eigenvalue weighted by atomic mass is 10.0. The van der Waals surface area contributed by atoms with Crippen LogP contribution in [0.25, 0.3) is 0 Å². The number of carboxylic acid groups (broad SMARTS) is 1. The molecule has 0 bridgehead atoms. The lowest BCUT2D eigenvalue weighted by Gasteiger charge is -2.18. The zero-order valence-electron chi connectivity index (χ0n) is 13.3. The highest BCUT2D eigenvalue weighted by atomic mass is 19.4. The summed E-state index contributed by atoms with van der Waals surface area (Å²) in [6.45, 7) is 3.24. The summed E-state index contributed by atoms with van der Waals surface area (Å²) < 4.78 is 45.6. The summed E-state index contributed by atoms with van der Waals surface area (Å²) in [5.41, 5.74) is 0.143. The molecule has 0 saturated heterocycles. The number of carbonyl (C=O) groups excluding carboxylic acids is 1. The van der Waals surface area contributed by atoms with E-state index >= 15 is 0 Å². The minimum atomic E-state index is -4.86. The molecule has 0 radical (unpaired) electrons. The number of halogens is 3. The molecule has 134 valence electrons. The quantitative estimate of drug-likeness (QED) is 0.789. The molecule has 6 nitrogen and oxygen atoms in total. The standard InChI is InChI=1S/C15H18F3NO5/c1-8(2)13(14(21)22)19-12(20)7-9-6-10(24-15(16,17)18)4-5-11(9)23-3/h4-6,8,13H,7H2,1-3H3,(H,19,20)(H,21,22). The van der Waals surface area contributed by atoms with Gasteiger partial charge in [0.2, 0.25) is 5.91 Å². The molecule has 1 rings (SSSR count). The third-order valence-electron chi connectivity index (χ3n) is 3.09. The van der Waals surface area contributed by atoms with Crippen LogP contribution in [0.2, 0.25) is 0 Å². The number of benzene rings is 1. The minimum absolute atomic E-state index is 0.143. The van der Waals surface area contributed by atoms with E-state index in [1.165, 1.54) is 13.2 Å². The van der Waals surface area contributed by atoms with Crippen molar-refractivity contribution in [2.45, 2.75) is 32.7 Å². The number of aliphatic carboxylic acids is 1. The van der Waals surface area contributed by atoms with E-state index in [1.54, 1.807) is 13.8 Å². The first-order valence-corrected chi connectivity index (χ1v) is 6.98. The van der Waals surface area contributed by atoms with E-state index in [2.05, 4.69) is 10.1 Å². The molecule has 0 spiro atoms. The number of hydrogen-bond acceptors (Lipinski definition) is 4. The SMILES string of the molecule is COc1ccc(OC(F)(F)F)cc1CC(=O)NC(C(=O)O)C(C)C. The number of methoxy groups -OCH3 is 1. The van der Waals surface area contributed by atoms with Gasteiger partial charge in [-0.1, -0.05) is 13.8 Å². The highest BCUT2D eigenvalue weighted by Gasteiger charge is 2.31.